The van der Waals surface area contributed by atoms with E-state index in [1.54, 1.807) is 22.4 Å². The third kappa shape index (κ3) is 10.8. The second-order valence-electron chi connectivity index (χ2n) is 26.0. The summed E-state index contributed by atoms with van der Waals surface area (Å²) < 4.78 is 6.40. The van der Waals surface area contributed by atoms with Crippen LogP contribution in [0.25, 0.3) is 6.08 Å². The Morgan fingerprint density at radius 1 is 0.695 bits per heavy atom. The normalized spacial score (nSPS) is 31.3. The smallest absolute Gasteiger partial charge is 0.115 e. The predicted octanol–water partition coefficient (Wildman–Crippen LogP) is 19.5. The van der Waals surface area contributed by atoms with Crippen molar-refractivity contribution in [3.05, 3.63) is 275 Å². The molecule has 0 radical (unpaired) electrons. The summed E-state index contributed by atoms with van der Waals surface area (Å²) in [5.41, 5.74) is 16.3. The summed E-state index contributed by atoms with van der Waals surface area (Å²) in [6.45, 7) is 13.8. The average Bonchev–Trinajstić information content (AvgIpc) is 4.07. The molecule has 10 aliphatic rings. The number of nitrogens with zero attached hydrogens (tertiary/aromatic N) is 2. The van der Waals surface area contributed by atoms with Gasteiger partial charge in [0.05, 0.1) is 18.7 Å². The molecule has 13 unspecified atom stereocenters. The molecule has 0 aromatic heterocycles. The Morgan fingerprint density at radius 3 is 2.26 bits per heavy atom. The lowest BCUT2D eigenvalue weighted by Gasteiger charge is -2.48. The van der Waals surface area contributed by atoms with Crippen LogP contribution in [0.2, 0.25) is 0 Å². The molecule has 1 aliphatic heterocycles. The van der Waals surface area contributed by atoms with Crippen molar-refractivity contribution >= 4 is 11.8 Å². The zero-order chi connectivity index (χ0) is 55.6. The molecule has 1 fully saturated rings. The number of hydrogen-bond donors (Lipinski definition) is 0. The molecule has 0 N–H and O–H groups in total. The van der Waals surface area contributed by atoms with E-state index in [2.05, 4.69) is 231 Å². The molecule has 9 aliphatic carbocycles. The molecule has 0 bridgehead atoms. The van der Waals surface area contributed by atoms with E-state index in [1.165, 1.54) is 90.6 Å². The SMILES string of the molecule is C=Cc1ccc(C2CC=C3C(C2)C2C=C(C4=CCC(N(C5=CCC6C7=C(CCC=C7)C(CC(C)CCC(C)COC7=CCC(C=C)C=C7)(c7ccccc7)C6C5)C5C=CC(C6=CCCC=C6)CC5)C=C4)C=CC2N3c2ccccc2)cc1. The zero-order valence-corrected chi connectivity index (χ0v) is 49.1. The van der Waals surface area contributed by atoms with E-state index in [4.69, 9.17) is 4.74 Å². The quantitative estimate of drug-likeness (QED) is 0.118. The summed E-state index contributed by atoms with van der Waals surface area (Å²) in [7, 11) is 0. The van der Waals surface area contributed by atoms with Gasteiger partial charge in [0.15, 0.2) is 0 Å². The highest BCUT2D eigenvalue weighted by atomic mass is 16.5. The maximum Gasteiger partial charge on any atom is 0.115 e. The van der Waals surface area contributed by atoms with Crippen LogP contribution in [0.5, 0.6) is 0 Å². The molecule has 3 aromatic carbocycles. The molecule has 13 rings (SSSR count). The van der Waals surface area contributed by atoms with Gasteiger partial charge < -0.3 is 14.5 Å². The van der Waals surface area contributed by atoms with E-state index in [0.717, 1.165) is 57.3 Å². The van der Waals surface area contributed by atoms with Gasteiger partial charge in [0.1, 0.15) is 5.76 Å². The summed E-state index contributed by atoms with van der Waals surface area (Å²) in [4.78, 5) is 5.63. The molecule has 3 heteroatoms. The topological polar surface area (TPSA) is 15.7 Å². The lowest BCUT2D eigenvalue weighted by molar-refractivity contribution is 0.154. The van der Waals surface area contributed by atoms with Crippen LogP contribution >= 0.6 is 0 Å². The van der Waals surface area contributed by atoms with Gasteiger partial charge in [0, 0.05) is 46.3 Å². The first-order valence-corrected chi connectivity index (χ1v) is 32.0. The van der Waals surface area contributed by atoms with Crippen LogP contribution < -0.4 is 4.90 Å². The molecule has 13 atom stereocenters. The van der Waals surface area contributed by atoms with Gasteiger partial charge in [-0.2, -0.15) is 0 Å². The van der Waals surface area contributed by atoms with Crippen LogP contribution in [0.15, 0.2) is 259 Å². The van der Waals surface area contributed by atoms with Crippen LogP contribution in [-0.4, -0.2) is 29.6 Å². The van der Waals surface area contributed by atoms with Gasteiger partial charge in [-0.25, -0.2) is 0 Å². The van der Waals surface area contributed by atoms with Gasteiger partial charge in [-0.3, -0.25) is 0 Å². The van der Waals surface area contributed by atoms with Crippen molar-refractivity contribution in [3.8, 4) is 0 Å². The van der Waals surface area contributed by atoms with Crippen molar-refractivity contribution in [1.82, 2.24) is 4.90 Å². The van der Waals surface area contributed by atoms with Gasteiger partial charge in [-0.05, 0) is 189 Å². The highest BCUT2D eigenvalue weighted by molar-refractivity contribution is 5.63. The minimum atomic E-state index is -0.00393. The summed E-state index contributed by atoms with van der Waals surface area (Å²) in [6.07, 6.45) is 66.0. The summed E-state index contributed by atoms with van der Waals surface area (Å²) >= 11 is 0. The predicted molar refractivity (Wildman–Crippen MR) is 345 cm³/mol. The first-order valence-electron chi connectivity index (χ1n) is 32.0. The van der Waals surface area contributed by atoms with Crippen LogP contribution in [0, 0.1) is 47.3 Å². The van der Waals surface area contributed by atoms with Crippen LogP contribution in [0.1, 0.15) is 133 Å². The monoisotopic (exact) mass is 1080 g/mol. The maximum absolute atomic E-state index is 6.40. The molecular weight excluding hydrogens is 993 g/mol. The van der Waals surface area contributed by atoms with Crippen molar-refractivity contribution in [2.45, 2.75) is 140 Å². The fourth-order valence-corrected chi connectivity index (χ4v) is 16.9. The number of anilines is 1. The van der Waals surface area contributed by atoms with E-state index < -0.39 is 0 Å². The van der Waals surface area contributed by atoms with Crippen molar-refractivity contribution in [2.24, 2.45) is 47.3 Å². The molecular formula is C79H88N2O. The molecule has 1 heterocycles. The lowest BCUT2D eigenvalue weighted by atomic mass is 9.59. The van der Waals surface area contributed by atoms with Crippen LogP contribution in [0.3, 0.4) is 0 Å². The van der Waals surface area contributed by atoms with Gasteiger partial charge in [0.2, 0.25) is 0 Å². The fraction of sp³-hybridized carbons (Fsp3) is 0.392. The number of rotatable bonds is 18. The number of fused-ring (bicyclic) bond motifs is 5. The molecule has 1 saturated heterocycles. The highest BCUT2D eigenvalue weighted by Gasteiger charge is 2.55. The lowest BCUT2D eigenvalue weighted by Crippen LogP contribution is -2.46. The molecule has 420 valence electrons. The maximum atomic E-state index is 6.40. The van der Waals surface area contributed by atoms with Crippen LogP contribution in [-0.2, 0) is 10.2 Å². The van der Waals surface area contributed by atoms with Gasteiger partial charge >= 0.3 is 0 Å². The van der Waals surface area contributed by atoms with Gasteiger partial charge in [-0.1, -0.05) is 215 Å². The standard InChI is InChI=1S/C79H88N2O/c1-5-57-28-32-61(33-29-57)63-38-48-77-73(50-63)74-51-64(39-49-78(74)81(77)66-22-14-9-15-23-66)62-36-42-68(43-37-62)80(67-40-34-60(35-41-67)59-18-10-7-11-19-59)69-44-47-72-71-24-16-17-25-75(71)79(76(72)52-69,65-20-12-8-13-21-65)53-55(3)26-27-56(4)54-82-70-45-30-58(6-2)31-46-70/h5-6,8-10,12-16,18-24,28-30,32-34,36-37,39-40,42,44-46,48-49,51,55-56,58,60,63,67-68,72-74,76,78H,1-2,7,11,17,25-27,31,35,38,41,43,47,50,52-54H2,3-4H3. The van der Waals surface area contributed by atoms with E-state index in [9.17, 15) is 0 Å². The Morgan fingerprint density at radius 2 is 1.51 bits per heavy atom. The first kappa shape index (κ1) is 54.4. The fourth-order valence-electron chi connectivity index (χ4n) is 16.9. The second-order valence-corrected chi connectivity index (χ2v) is 26.0. The Hall–Kier alpha value is -6.84. The number of benzene rings is 3. The second kappa shape index (κ2) is 24.2. The Balaban J connectivity index is 0.782. The van der Waals surface area contributed by atoms with E-state index in [1.807, 2.05) is 12.2 Å². The molecule has 0 saturated carbocycles. The number of hydrogen-bond acceptors (Lipinski definition) is 3. The Bertz CT molecular complexity index is 3270. The van der Waals surface area contributed by atoms with E-state index in [-0.39, 0.29) is 11.5 Å². The Kier molecular flexibility index (Phi) is 16.0. The molecule has 82 heavy (non-hydrogen) atoms. The molecule has 3 aromatic rings. The molecule has 3 nitrogen and oxygen atoms in total. The third-order valence-corrected chi connectivity index (χ3v) is 21.1. The summed E-state index contributed by atoms with van der Waals surface area (Å²) in [5, 5.41) is 0. The minimum Gasteiger partial charge on any atom is -0.494 e. The van der Waals surface area contributed by atoms with Crippen molar-refractivity contribution in [1.29, 1.82) is 0 Å². The zero-order valence-electron chi connectivity index (χ0n) is 49.1. The van der Waals surface area contributed by atoms with Crippen molar-refractivity contribution in [2.75, 3.05) is 11.5 Å². The minimum absolute atomic E-state index is 0.00393. The van der Waals surface area contributed by atoms with E-state index >= 15 is 0 Å². The average molecular weight is 1080 g/mol. The first-order chi connectivity index (χ1) is 40.3. The highest BCUT2D eigenvalue weighted by Crippen LogP contribution is 2.63. The van der Waals surface area contributed by atoms with Crippen LogP contribution in [0.4, 0.5) is 5.69 Å². The van der Waals surface area contributed by atoms with Crippen molar-refractivity contribution in [3.63, 3.8) is 0 Å². The largest absolute Gasteiger partial charge is 0.494 e. The molecule has 0 amide bonds. The number of allylic oxidation sites excluding steroid dienone is 21. The summed E-state index contributed by atoms with van der Waals surface area (Å²) in [6, 6.07) is 33.2. The van der Waals surface area contributed by atoms with Crippen molar-refractivity contribution < 1.29 is 4.74 Å². The van der Waals surface area contributed by atoms with E-state index in [0.29, 0.717) is 65.3 Å². The number of para-hydroxylation sites is 1. The third-order valence-electron chi connectivity index (χ3n) is 21.1. The number of ether oxygens (including phenoxy) is 1. The van der Waals surface area contributed by atoms with Gasteiger partial charge in [0.25, 0.3) is 0 Å². The Labute approximate surface area is 492 Å². The molecule has 0 spiro atoms. The van der Waals surface area contributed by atoms with Gasteiger partial charge in [-0.15, -0.1) is 6.58 Å². The summed E-state index contributed by atoms with van der Waals surface area (Å²) in [5.74, 6) is 5.42.